The third-order valence-electron chi connectivity index (χ3n) is 6.45. The average Bonchev–Trinajstić information content (AvgIpc) is 3.40. The summed E-state index contributed by atoms with van der Waals surface area (Å²) < 4.78 is 5.48. The van der Waals surface area contributed by atoms with Gasteiger partial charge in [-0.1, -0.05) is 54.6 Å². The molecule has 0 saturated carbocycles. The van der Waals surface area contributed by atoms with Crippen LogP contribution in [-0.4, -0.2) is 50.6 Å². The molecule has 0 atom stereocenters. The molecule has 0 unspecified atom stereocenters. The van der Waals surface area contributed by atoms with Crippen LogP contribution in [0, 0.1) is 0 Å². The van der Waals surface area contributed by atoms with Gasteiger partial charge in [0.25, 0.3) is 5.91 Å². The topological polar surface area (TPSA) is 53.6 Å². The van der Waals surface area contributed by atoms with Crippen molar-refractivity contribution in [2.45, 2.75) is 32.1 Å². The Hall–Kier alpha value is -3.05. The van der Waals surface area contributed by atoms with Gasteiger partial charge in [0.1, 0.15) is 5.75 Å². The van der Waals surface area contributed by atoms with Crippen molar-refractivity contribution in [3.8, 4) is 5.75 Å². The minimum atomic E-state index is -0.117. The van der Waals surface area contributed by atoms with Gasteiger partial charge in [0, 0.05) is 20.1 Å². The maximum atomic E-state index is 11.1. The number of benzene rings is 3. The first kappa shape index (κ1) is 23.1. The molecule has 5 heteroatoms. The summed E-state index contributed by atoms with van der Waals surface area (Å²) in [5, 5.41) is 8.64. The highest BCUT2D eigenvalue weighted by Crippen LogP contribution is 2.31. The number of para-hydroxylation sites is 1. The number of anilines is 1. The second-order valence-electron chi connectivity index (χ2n) is 8.72. The van der Waals surface area contributed by atoms with E-state index < -0.39 is 0 Å². The van der Waals surface area contributed by atoms with Crippen molar-refractivity contribution < 1.29 is 9.53 Å². The third-order valence-corrected chi connectivity index (χ3v) is 6.45. The number of likely N-dealkylation sites (N-methyl/N-ethyl adjacent to an activating group) is 1. The van der Waals surface area contributed by atoms with E-state index in [1.807, 2.05) is 12.1 Å². The molecule has 33 heavy (non-hydrogen) atoms. The van der Waals surface area contributed by atoms with E-state index in [9.17, 15) is 4.79 Å². The third kappa shape index (κ3) is 6.26. The number of hydrogen-bond donors (Lipinski definition) is 2. The van der Waals surface area contributed by atoms with Crippen molar-refractivity contribution in [1.82, 2.24) is 10.2 Å². The molecule has 1 fully saturated rings. The van der Waals surface area contributed by atoms with E-state index in [4.69, 9.17) is 4.74 Å². The number of aryl methyl sites for hydroxylation is 1. The molecule has 1 amide bonds. The van der Waals surface area contributed by atoms with E-state index in [0.29, 0.717) is 0 Å². The molecular formula is C28H35N3O2. The number of nitrogens with one attached hydrogen (secondary N) is 2. The van der Waals surface area contributed by atoms with Gasteiger partial charge in [0.2, 0.25) is 0 Å². The molecular weight excluding hydrogens is 410 g/mol. The van der Waals surface area contributed by atoms with Gasteiger partial charge in [-0.05, 0) is 73.2 Å². The average molecular weight is 446 g/mol. The van der Waals surface area contributed by atoms with Crippen molar-refractivity contribution in [2.75, 3.05) is 45.2 Å². The molecule has 3 aromatic rings. The van der Waals surface area contributed by atoms with Gasteiger partial charge in [0.15, 0.2) is 6.61 Å². The Bertz CT molecular complexity index is 1050. The molecule has 174 valence electrons. The van der Waals surface area contributed by atoms with Crippen LogP contribution in [0.4, 0.5) is 5.69 Å². The minimum absolute atomic E-state index is 0.0641. The van der Waals surface area contributed by atoms with Gasteiger partial charge in [-0.15, -0.1) is 0 Å². The number of likely N-dealkylation sites (tertiary alicyclic amines) is 1. The fourth-order valence-electron chi connectivity index (χ4n) is 4.61. The van der Waals surface area contributed by atoms with Gasteiger partial charge in [0.05, 0.1) is 5.69 Å². The largest absolute Gasteiger partial charge is 0.482 e. The van der Waals surface area contributed by atoms with Crippen LogP contribution in [0.3, 0.4) is 0 Å². The zero-order valence-corrected chi connectivity index (χ0v) is 19.6. The predicted octanol–water partition coefficient (Wildman–Crippen LogP) is 4.65. The first-order valence-corrected chi connectivity index (χ1v) is 12.1. The van der Waals surface area contributed by atoms with Crippen LogP contribution in [0.2, 0.25) is 0 Å². The summed E-state index contributed by atoms with van der Waals surface area (Å²) in [7, 11) is 1.60. The Morgan fingerprint density at radius 1 is 1.00 bits per heavy atom. The molecule has 2 aliphatic heterocycles. The van der Waals surface area contributed by atoms with Crippen molar-refractivity contribution >= 4 is 22.4 Å². The monoisotopic (exact) mass is 445 g/mol. The number of carbonyl (C=O) groups excluding carboxylic acids is 1. The molecule has 3 aromatic carbocycles. The number of fused-ring (bicyclic) bond motifs is 2. The lowest BCUT2D eigenvalue weighted by Gasteiger charge is -2.20. The van der Waals surface area contributed by atoms with Crippen LogP contribution in [0.1, 0.15) is 30.4 Å². The Balaban J connectivity index is 0.000000157. The number of rotatable bonds is 6. The summed E-state index contributed by atoms with van der Waals surface area (Å²) >= 11 is 0. The highest BCUT2D eigenvalue weighted by Gasteiger charge is 2.14. The highest BCUT2D eigenvalue weighted by atomic mass is 16.5. The molecule has 0 aliphatic carbocycles. The molecule has 0 radical (unpaired) electrons. The maximum Gasteiger partial charge on any atom is 0.257 e. The van der Waals surface area contributed by atoms with Crippen LogP contribution in [-0.2, 0) is 17.6 Å². The van der Waals surface area contributed by atoms with E-state index >= 15 is 0 Å². The standard InChI is InChI=1S/C16H19N.C12H16N2O2/c1-2-9-16-14(6-1)7-5-8-15(16)10-13-17-11-3-4-12-17;1-13-11(15)8-16-10-6-2-4-9-5-3-7-14-12(9)10/h1-2,5-9H,3-4,10-13H2;2,4,6,14H,3,5,7-8H2,1H3,(H,13,15). The second-order valence-corrected chi connectivity index (χ2v) is 8.72. The first-order valence-electron chi connectivity index (χ1n) is 12.1. The van der Waals surface area contributed by atoms with Crippen molar-refractivity contribution in [1.29, 1.82) is 0 Å². The lowest BCUT2D eigenvalue weighted by Crippen LogP contribution is -2.25. The molecule has 1 saturated heterocycles. The fourth-order valence-corrected chi connectivity index (χ4v) is 4.61. The van der Waals surface area contributed by atoms with Gasteiger partial charge in [-0.2, -0.15) is 0 Å². The zero-order chi connectivity index (χ0) is 22.9. The van der Waals surface area contributed by atoms with Crippen LogP contribution >= 0.6 is 0 Å². The Morgan fingerprint density at radius 3 is 2.64 bits per heavy atom. The van der Waals surface area contributed by atoms with Crippen molar-refractivity contribution in [3.05, 3.63) is 71.8 Å². The van der Waals surface area contributed by atoms with E-state index in [2.05, 4.69) is 64.1 Å². The molecule has 5 nitrogen and oxygen atoms in total. The van der Waals surface area contributed by atoms with Crippen LogP contribution in [0.15, 0.2) is 60.7 Å². The Labute approximate surface area is 197 Å². The summed E-state index contributed by atoms with van der Waals surface area (Å²) in [5.74, 6) is 0.647. The number of carbonyl (C=O) groups is 1. The van der Waals surface area contributed by atoms with Crippen LogP contribution in [0.25, 0.3) is 10.8 Å². The molecule has 0 spiro atoms. The summed E-state index contributed by atoms with van der Waals surface area (Å²) in [6, 6.07) is 21.3. The maximum absolute atomic E-state index is 11.1. The molecule has 5 rings (SSSR count). The fraction of sp³-hybridized carbons (Fsp3) is 0.393. The number of nitrogens with zero attached hydrogens (tertiary/aromatic N) is 1. The van der Waals surface area contributed by atoms with Gasteiger partial charge >= 0.3 is 0 Å². The predicted molar refractivity (Wildman–Crippen MR) is 136 cm³/mol. The summed E-state index contributed by atoms with van der Waals surface area (Å²) in [5.41, 5.74) is 3.80. The second kappa shape index (κ2) is 11.7. The highest BCUT2D eigenvalue weighted by molar-refractivity contribution is 5.85. The van der Waals surface area contributed by atoms with E-state index in [1.165, 1.54) is 60.8 Å². The van der Waals surface area contributed by atoms with E-state index in [1.54, 1.807) is 7.05 Å². The van der Waals surface area contributed by atoms with Crippen molar-refractivity contribution in [2.24, 2.45) is 0 Å². The summed E-state index contributed by atoms with van der Waals surface area (Å²) in [6.07, 6.45) is 6.16. The lowest BCUT2D eigenvalue weighted by atomic mass is 10.0. The molecule has 0 aromatic heterocycles. The normalized spacial score (nSPS) is 15.2. The summed E-state index contributed by atoms with van der Waals surface area (Å²) in [6.45, 7) is 4.84. The van der Waals surface area contributed by atoms with Crippen molar-refractivity contribution in [3.63, 3.8) is 0 Å². The Kier molecular flexibility index (Phi) is 8.20. The first-order chi connectivity index (χ1) is 16.2. The smallest absolute Gasteiger partial charge is 0.257 e. The quantitative estimate of drug-likeness (QED) is 0.580. The minimum Gasteiger partial charge on any atom is -0.482 e. The zero-order valence-electron chi connectivity index (χ0n) is 19.6. The summed E-state index contributed by atoms with van der Waals surface area (Å²) in [4.78, 5) is 13.7. The number of hydrogen-bond acceptors (Lipinski definition) is 4. The Morgan fingerprint density at radius 2 is 1.79 bits per heavy atom. The van der Waals surface area contributed by atoms with Gasteiger partial charge < -0.3 is 20.3 Å². The molecule has 2 N–H and O–H groups in total. The van der Waals surface area contributed by atoms with Gasteiger partial charge in [-0.25, -0.2) is 0 Å². The molecule has 0 bridgehead atoms. The van der Waals surface area contributed by atoms with Crippen LogP contribution < -0.4 is 15.4 Å². The SMILES string of the molecule is CNC(=O)COc1cccc2c1NCCC2.c1ccc2c(CCN3CCCC3)cccc2c1. The lowest BCUT2D eigenvalue weighted by molar-refractivity contribution is -0.122. The van der Waals surface area contributed by atoms with Gasteiger partial charge in [-0.3, -0.25) is 4.79 Å². The van der Waals surface area contributed by atoms with E-state index in [0.717, 1.165) is 30.8 Å². The number of amides is 1. The van der Waals surface area contributed by atoms with E-state index in [-0.39, 0.29) is 12.5 Å². The van der Waals surface area contributed by atoms with Crippen LogP contribution in [0.5, 0.6) is 5.75 Å². The number of ether oxygens (including phenoxy) is 1. The molecule has 2 heterocycles. The molecule has 2 aliphatic rings.